The van der Waals surface area contributed by atoms with E-state index in [0.717, 1.165) is 11.3 Å². The van der Waals surface area contributed by atoms with Gasteiger partial charge in [0, 0.05) is 38.9 Å². The monoisotopic (exact) mass is 369 g/mol. The third-order valence-electron chi connectivity index (χ3n) is 4.73. The minimum absolute atomic E-state index is 0.0262. The topological polar surface area (TPSA) is 81.2 Å². The van der Waals surface area contributed by atoms with Gasteiger partial charge >= 0.3 is 5.97 Å². The smallest absolute Gasteiger partial charge is 0.317 e. The number of piperidine rings is 1. The number of carbonyl (C=O) groups is 1. The molecule has 8 heteroatoms. The Kier molecular flexibility index (Phi) is 6.08. The van der Waals surface area contributed by atoms with E-state index < -0.39 is 16.0 Å². The molecule has 0 amide bonds. The molecule has 7 nitrogen and oxygen atoms in total. The Hall–Kier alpha value is -1.64. The van der Waals surface area contributed by atoms with Gasteiger partial charge < -0.3 is 10.0 Å². The lowest BCUT2D eigenvalue weighted by Gasteiger charge is -2.35. The van der Waals surface area contributed by atoms with Crippen molar-refractivity contribution in [2.24, 2.45) is 0 Å². The first kappa shape index (κ1) is 19.7. The van der Waals surface area contributed by atoms with Crippen molar-refractivity contribution in [1.82, 2.24) is 9.21 Å². The summed E-state index contributed by atoms with van der Waals surface area (Å²) in [5, 5.41) is 8.89. The van der Waals surface area contributed by atoms with Gasteiger partial charge in [-0.3, -0.25) is 9.69 Å². The summed E-state index contributed by atoms with van der Waals surface area (Å²) in [6.45, 7) is 2.74. The van der Waals surface area contributed by atoms with Crippen LogP contribution in [-0.4, -0.2) is 75.5 Å². The fourth-order valence-corrected chi connectivity index (χ4v) is 4.74. The van der Waals surface area contributed by atoms with E-state index in [0.29, 0.717) is 30.8 Å². The van der Waals surface area contributed by atoms with Crippen LogP contribution in [0.1, 0.15) is 18.4 Å². The number of hydrogen-bond acceptors (Lipinski definition) is 5. The van der Waals surface area contributed by atoms with Gasteiger partial charge in [0.15, 0.2) is 0 Å². The molecule has 1 N–H and O–H groups in total. The lowest BCUT2D eigenvalue weighted by Crippen LogP contribution is -2.46. The lowest BCUT2D eigenvalue weighted by atomic mass is 10.1. The fraction of sp³-hybridized carbons (Fsp3) is 0.588. The van der Waals surface area contributed by atoms with Gasteiger partial charge in [-0.05, 0) is 44.5 Å². The van der Waals surface area contributed by atoms with Crippen LogP contribution in [-0.2, 0) is 14.8 Å². The van der Waals surface area contributed by atoms with E-state index in [1.165, 1.54) is 4.31 Å². The highest BCUT2D eigenvalue weighted by Crippen LogP contribution is 2.27. The van der Waals surface area contributed by atoms with Crippen LogP contribution >= 0.6 is 0 Å². The second-order valence-corrected chi connectivity index (χ2v) is 8.72. The number of aliphatic carboxylic acids is 1. The van der Waals surface area contributed by atoms with Crippen molar-refractivity contribution in [1.29, 1.82) is 0 Å². The van der Waals surface area contributed by atoms with Gasteiger partial charge in [-0.2, -0.15) is 4.31 Å². The highest BCUT2D eigenvalue weighted by molar-refractivity contribution is 7.89. The van der Waals surface area contributed by atoms with Crippen molar-refractivity contribution >= 4 is 21.7 Å². The van der Waals surface area contributed by atoms with Crippen molar-refractivity contribution < 1.29 is 18.3 Å². The van der Waals surface area contributed by atoms with Crippen LogP contribution in [0.4, 0.5) is 5.69 Å². The van der Waals surface area contributed by atoms with Crippen molar-refractivity contribution in [3.05, 3.63) is 23.8 Å². The maximum absolute atomic E-state index is 12.9. The Morgan fingerprint density at radius 2 is 1.84 bits per heavy atom. The fourth-order valence-electron chi connectivity index (χ4n) is 3.25. The second-order valence-electron chi connectivity index (χ2n) is 6.79. The molecule has 0 atom stereocenters. The molecular weight excluding hydrogens is 342 g/mol. The summed E-state index contributed by atoms with van der Waals surface area (Å²) in [7, 11) is 2.02. The Labute approximate surface area is 149 Å². The van der Waals surface area contributed by atoms with Crippen molar-refractivity contribution in [2.75, 3.05) is 45.7 Å². The third-order valence-corrected chi connectivity index (χ3v) is 6.63. The molecule has 0 radical (unpaired) electrons. The number of carboxylic acids is 1. The SMILES string of the molecule is Cc1ccc(S(=O)(=O)N2CCC(N(C)CC(=O)O)CC2)cc1N(C)C. The standard InChI is InChI=1S/C17H27N3O4S/c1-13-5-6-15(11-16(13)18(2)3)25(23,24)20-9-7-14(8-10-20)19(4)12-17(21)22/h5-6,11,14H,7-10,12H2,1-4H3,(H,21,22). The van der Waals surface area contributed by atoms with Crippen molar-refractivity contribution in [2.45, 2.75) is 30.7 Å². The molecule has 0 aromatic heterocycles. The molecular formula is C17H27N3O4S. The number of carboxylic acid groups (broad SMARTS) is 1. The molecule has 1 fully saturated rings. The van der Waals surface area contributed by atoms with E-state index in [9.17, 15) is 13.2 Å². The molecule has 2 rings (SSSR count). The average Bonchev–Trinajstić information content (AvgIpc) is 2.54. The quantitative estimate of drug-likeness (QED) is 0.812. The molecule has 1 aromatic carbocycles. The first-order chi connectivity index (χ1) is 11.6. The number of sulfonamides is 1. The highest BCUT2D eigenvalue weighted by Gasteiger charge is 2.31. The minimum atomic E-state index is -3.54. The summed E-state index contributed by atoms with van der Waals surface area (Å²) < 4.78 is 27.4. The van der Waals surface area contributed by atoms with Crippen molar-refractivity contribution in [3.63, 3.8) is 0 Å². The zero-order valence-corrected chi connectivity index (χ0v) is 16.1. The lowest BCUT2D eigenvalue weighted by molar-refractivity contribution is -0.138. The van der Waals surface area contributed by atoms with Crippen molar-refractivity contribution in [3.8, 4) is 0 Å². The normalized spacial score (nSPS) is 17.0. The van der Waals surface area contributed by atoms with Gasteiger partial charge in [0.25, 0.3) is 0 Å². The molecule has 0 saturated carbocycles. The van der Waals surface area contributed by atoms with Crippen LogP contribution in [0.3, 0.4) is 0 Å². The van der Waals surface area contributed by atoms with E-state index >= 15 is 0 Å². The number of benzene rings is 1. The second kappa shape index (κ2) is 7.72. The number of aryl methyl sites for hydroxylation is 1. The number of likely N-dealkylation sites (N-methyl/N-ethyl adjacent to an activating group) is 1. The van der Waals surface area contributed by atoms with Gasteiger partial charge in [0.05, 0.1) is 11.4 Å². The predicted octanol–water partition coefficient (Wildman–Crippen LogP) is 1.23. The molecule has 1 aliphatic rings. The number of nitrogens with zero attached hydrogens (tertiary/aromatic N) is 3. The number of hydrogen-bond donors (Lipinski definition) is 1. The number of rotatable bonds is 6. The van der Waals surface area contributed by atoms with Crippen LogP contribution in [0.2, 0.25) is 0 Å². The molecule has 1 saturated heterocycles. The van der Waals surface area contributed by atoms with Gasteiger partial charge in [0.1, 0.15) is 0 Å². The summed E-state index contributed by atoms with van der Waals surface area (Å²) in [5.41, 5.74) is 1.91. The Balaban J connectivity index is 2.12. The molecule has 0 aliphatic carbocycles. The van der Waals surface area contributed by atoms with E-state index in [-0.39, 0.29) is 12.6 Å². The van der Waals surface area contributed by atoms with E-state index in [1.54, 1.807) is 24.1 Å². The molecule has 0 spiro atoms. The zero-order valence-electron chi connectivity index (χ0n) is 15.3. The predicted molar refractivity (Wildman–Crippen MR) is 97.6 cm³/mol. The summed E-state index contributed by atoms with van der Waals surface area (Å²) in [5.74, 6) is -0.867. The maximum Gasteiger partial charge on any atom is 0.317 e. The van der Waals surface area contributed by atoms with Gasteiger partial charge in [0.2, 0.25) is 10.0 Å². The Morgan fingerprint density at radius 3 is 2.36 bits per heavy atom. The van der Waals surface area contributed by atoms with Crippen LogP contribution in [0.25, 0.3) is 0 Å². The first-order valence-electron chi connectivity index (χ1n) is 8.33. The van der Waals surface area contributed by atoms with Crippen LogP contribution < -0.4 is 4.90 Å². The molecule has 0 bridgehead atoms. The molecule has 1 aromatic rings. The summed E-state index contributed by atoms with van der Waals surface area (Å²) in [4.78, 5) is 14.8. The number of anilines is 1. The van der Waals surface area contributed by atoms with E-state index in [1.807, 2.05) is 32.0 Å². The van der Waals surface area contributed by atoms with E-state index in [4.69, 9.17) is 5.11 Å². The Morgan fingerprint density at radius 1 is 1.24 bits per heavy atom. The van der Waals surface area contributed by atoms with Crippen LogP contribution in [0.15, 0.2) is 23.1 Å². The molecule has 25 heavy (non-hydrogen) atoms. The zero-order chi connectivity index (χ0) is 18.8. The average molecular weight is 369 g/mol. The van der Waals surface area contributed by atoms with Crippen LogP contribution in [0.5, 0.6) is 0 Å². The minimum Gasteiger partial charge on any atom is -0.480 e. The largest absolute Gasteiger partial charge is 0.480 e. The summed E-state index contributed by atoms with van der Waals surface area (Å²) in [6, 6.07) is 5.29. The molecule has 0 unspecified atom stereocenters. The summed E-state index contributed by atoms with van der Waals surface area (Å²) >= 11 is 0. The molecule has 1 heterocycles. The first-order valence-corrected chi connectivity index (χ1v) is 9.77. The third kappa shape index (κ3) is 4.50. The maximum atomic E-state index is 12.9. The van der Waals surface area contributed by atoms with Gasteiger partial charge in [-0.15, -0.1) is 0 Å². The highest BCUT2D eigenvalue weighted by atomic mass is 32.2. The van der Waals surface area contributed by atoms with Crippen LogP contribution in [0, 0.1) is 6.92 Å². The summed E-state index contributed by atoms with van der Waals surface area (Å²) in [6.07, 6.45) is 1.27. The van der Waals surface area contributed by atoms with Gasteiger partial charge in [-0.1, -0.05) is 6.07 Å². The Bertz CT molecular complexity index is 725. The molecule has 1 aliphatic heterocycles. The molecule has 140 valence electrons. The van der Waals surface area contributed by atoms with E-state index in [2.05, 4.69) is 0 Å². The van der Waals surface area contributed by atoms with Gasteiger partial charge in [-0.25, -0.2) is 8.42 Å².